The highest BCUT2D eigenvalue weighted by Crippen LogP contribution is 2.30. The van der Waals surface area contributed by atoms with E-state index in [1.54, 1.807) is 0 Å². The average Bonchev–Trinajstić information content (AvgIpc) is 3.14. The van der Waals surface area contributed by atoms with Crippen molar-refractivity contribution < 1.29 is 9.59 Å². The number of rotatable bonds is 2. The number of benzene rings is 1. The van der Waals surface area contributed by atoms with Gasteiger partial charge in [0.05, 0.1) is 5.92 Å². The molecule has 0 aliphatic carbocycles. The van der Waals surface area contributed by atoms with E-state index < -0.39 is 0 Å². The highest BCUT2D eigenvalue weighted by molar-refractivity contribution is 5.90. The van der Waals surface area contributed by atoms with E-state index in [1.807, 2.05) is 35.8 Å². The fourth-order valence-electron chi connectivity index (χ4n) is 4.01. The average molecular weight is 325 g/mol. The lowest BCUT2D eigenvalue weighted by atomic mass is 10.0. The first-order chi connectivity index (χ1) is 11.5. The van der Waals surface area contributed by atoms with Crippen LogP contribution >= 0.6 is 0 Å². The number of aromatic nitrogens is 1. The van der Waals surface area contributed by atoms with Gasteiger partial charge in [0.1, 0.15) is 0 Å². The summed E-state index contributed by atoms with van der Waals surface area (Å²) in [4.78, 5) is 32.2. The first kappa shape index (κ1) is 15.2. The number of aromatic amines is 1. The van der Waals surface area contributed by atoms with Crippen LogP contribution in [0.25, 0.3) is 10.9 Å². The number of hydrogen-bond donors (Lipinski definition) is 1. The highest BCUT2D eigenvalue weighted by Gasteiger charge is 2.38. The summed E-state index contributed by atoms with van der Waals surface area (Å²) in [7, 11) is 0. The lowest BCUT2D eigenvalue weighted by Crippen LogP contribution is -2.41. The monoisotopic (exact) mass is 325 g/mol. The lowest BCUT2D eigenvalue weighted by Gasteiger charge is -2.29. The molecular weight excluding hydrogens is 302 g/mol. The molecule has 2 aliphatic heterocycles. The smallest absolute Gasteiger partial charge is 0.228 e. The molecule has 2 aliphatic rings. The van der Waals surface area contributed by atoms with E-state index in [1.165, 1.54) is 16.6 Å². The summed E-state index contributed by atoms with van der Waals surface area (Å²) in [5.74, 6) is 0.0437. The number of amides is 2. The topological polar surface area (TPSA) is 56.4 Å². The van der Waals surface area contributed by atoms with Crippen LogP contribution < -0.4 is 0 Å². The van der Waals surface area contributed by atoms with E-state index in [9.17, 15) is 9.59 Å². The zero-order chi connectivity index (χ0) is 16.8. The highest BCUT2D eigenvalue weighted by atomic mass is 16.2. The molecule has 4 rings (SSSR count). The third-order valence-electron chi connectivity index (χ3n) is 5.33. The molecule has 126 valence electrons. The second-order valence-electron chi connectivity index (χ2n) is 7.18. The van der Waals surface area contributed by atoms with Crippen molar-refractivity contribution in [2.75, 3.05) is 13.1 Å². The van der Waals surface area contributed by atoms with Gasteiger partial charge in [-0.15, -0.1) is 0 Å². The maximum absolute atomic E-state index is 12.9. The minimum absolute atomic E-state index is 0.105. The van der Waals surface area contributed by atoms with Gasteiger partial charge in [0.2, 0.25) is 11.8 Å². The predicted octanol–water partition coefficient (Wildman–Crippen LogP) is 2.31. The summed E-state index contributed by atoms with van der Waals surface area (Å²) in [5, 5.41) is 1.20. The van der Waals surface area contributed by atoms with Crippen molar-refractivity contribution in [2.45, 2.75) is 39.3 Å². The van der Waals surface area contributed by atoms with Crippen molar-refractivity contribution in [2.24, 2.45) is 5.92 Å². The van der Waals surface area contributed by atoms with Crippen LogP contribution in [0.4, 0.5) is 0 Å². The molecule has 0 bridgehead atoms. The number of para-hydroxylation sites is 1. The zero-order valence-corrected chi connectivity index (χ0v) is 14.2. The van der Waals surface area contributed by atoms with E-state index in [2.05, 4.69) is 17.1 Å². The van der Waals surface area contributed by atoms with E-state index in [4.69, 9.17) is 0 Å². The van der Waals surface area contributed by atoms with Crippen LogP contribution in [-0.2, 0) is 22.6 Å². The molecule has 0 saturated carbocycles. The van der Waals surface area contributed by atoms with Crippen molar-refractivity contribution in [3.05, 3.63) is 35.5 Å². The fourth-order valence-corrected chi connectivity index (χ4v) is 4.01. The van der Waals surface area contributed by atoms with Crippen LogP contribution in [0.1, 0.15) is 31.5 Å². The van der Waals surface area contributed by atoms with Crippen molar-refractivity contribution in [1.29, 1.82) is 0 Å². The Kier molecular flexibility index (Phi) is 3.59. The summed E-state index contributed by atoms with van der Waals surface area (Å²) in [6.45, 7) is 5.94. The normalized spacial score (nSPS) is 21.0. The van der Waals surface area contributed by atoms with Crippen molar-refractivity contribution >= 4 is 22.7 Å². The minimum Gasteiger partial charge on any atom is -0.358 e. The molecule has 1 fully saturated rings. The first-order valence-electron chi connectivity index (χ1n) is 8.71. The molecule has 1 N–H and O–H groups in total. The van der Waals surface area contributed by atoms with Crippen LogP contribution in [0.3, 0.4) is 0 Å². The lowest BCUT2D eigenvalue weighted by molar-refractivity contribution is -0.136. The summed E-state index contributed by atoms with van der Waals surface area (Å²) in [6.07, 6.45) is 1.21. The molecule has 1 aromatic carbocycles. The van der Waals surface area contributed by atoms with E-state index in [0.717, 1.165) is 18.5 Å². The van der Waals surface area contributed by atoms with E-state index in [-0.39, 0.29) is 23.8 Å². The van der Waals surface area contributed by atoms with Crippen LogP contribution in [0, 0.1) is 5.92 Å². The van der Waals surface area contributed by atoms with Gasteiger partial charge in [-0.1, -0.05) is 18.2 Å². The van der Waals surface area contributed by atoms with Crippen LogP contribution in [0.5, 0.6) is 0 Å². The number of carbonyl (C=O) groups is 2. The van der Waals surface area contributed by atoms with Gasteiger partial charge in [-0.25, -0.2) is 0 Å². The van der Waals surface area contributed by atoms with Crippen LogP contribution in [-0.4, -0.2) is 45.7 Å². The van der Waals surface area contributed by atoms with Crippen molar-refractivity contribution in [3.8, 4) is 0 Å². The Balaban J connectivity index is 1.54. The van der Waals surface area contributed by atoms with E-state index in [0.29, 0.717) is 19.5 Å². The summed E-state index contributed by atoms with van der Waals surface area (Å²) in [6, 6.07) is 8.41. The number of nitrogens with one attached hydrogen (secondary N) is 1. The maximum atomic E-state index is 12.9. The molecule has 1 unspecified atom stereocenters. The second-order valence-corrected chi connectivity index (χ2v) is 7.18. The third-order valence-corrected chi connectivity index (χ3v) is 5.33. The van der Waals surface area contributed by atoms with Gasteiger partial charge < -0.3 is 14.8 Å². The number of nitrogens with zero attached hydrogens (tertiary/aromatic N) is 2. The first-order valence-corrected chi connectivity index (χ1v) is 8.71. The zero-order valence-electron chi connectivity index (χ0n) is 14.2. The molecule has 24 heavy (non-hydrogen) atoms. The Morgan fingerprint density at radius 3 is 2.83 bits per heavy atom. The quantitative estimate of drug-likeness (QED) is 0.921. The number of hydrogen-bond acceptors (Lipinski definition) is 2. The minimum atomic E-state index is -0.188. The predicted molar refractivity (Wildman–Crippen MR) is 92.4 cm³/mol. The Labute approximate surface area is 141 Å². The Bertz CT molecular complexity index is 808. The van der Waals surface area contributed by atoms with Crippen LogP contribution in [0.15, 0.2) is 24.3 Å². The molecule has 2 amide bonds. The van der Waals surface area contributed by atoms with Gasteiger partial charge in [0.15, 0.2) is 0 Å². The van der Waals surface area contributed by atoms with E-state index >= 15 is 0 Å². The third kappa shape index (κ3) is 2.39. The second kappa shape index (κ2) is 5.65. The fraction of sp³-hybridized carbons (Fsp3) is 0.474. The molecule has 1 atom stereocenters. The van der Waals surface area contributed by atoms with Crippen molar-refractivity contribution in [3.63, 3.8) is 0 Å². The maximum Gasteiger partial charge on any atom is 0.228 e. The van der Waals surface area contributed by atoms with Gasteiger partial charge in [-0.2, -0.15) is 0 Å². The van der Waals surface area contributed by atoms with Gasteiger partial charge in [-0.3, -0.25) is 9.59 Å². The van der Waals surface area contributed by atoms with Crippen LogP contribution in [0.2, 0.25) is 0 Å². The molecule has 2 aromatic rings. The molecule has 1 aromatic heterocycles. The summed E-state index contributed by atoms with van der Waals surface area (Å²) >= 11 is 0. The molecule has 3 heterocycles. The van der Waals surface area contributed by atoms with Gasteiger partial charge in [0.25, 0.3) is 0 Å². The number of likely N-dealkylation sites (tertiary alicyclic amines) is 1. The largest absolute Gasteiger partial charge is 0.358 e. The standard InChI is InChI=1S/C19H23N3O2/c1-12(2)22-10-13(9-18(22)23)19(24)21-8-7-17-15(11-21)14-5-3-4-6-16(14)20-17/h3-6,12-13,20H,7-11H2,1-2H3. The number of fused-ring (bicyclic) bond motifs is 3. The SMILES string of the molecule is CC(C)N1CC(C(=O)N2CCc3[nH]c4ccccc4c3C2)CC1=O. The molecule has 0 radical (unpaired) electrons. The molecular formula is C19H23N3O2. The molecule has 5 heteroatoms. The Hall–Kier alpha value is -2.30. The number of carbonyl (C=O) groups excluding carboxylic acids is 2. The Morgan fingerprint density at radius 1 is 1.29 bits per heavy atom. The molecule has 1 saturated heterocycles. The van der Waals surface area contributed by atoms with Gasteiger partial charge in [0, 0.05) is 60.7 Å². The van der Waals surface area contributed by atoms with Crippen molar-refractivity contribution in [1.82, 2.24) is 14.8 Å². The summed E-state index contributed by atoms with van der Waals surface area (Å²) < 4.78 is 0. The Morgan fingerprint density at radius 2 is 2.08 bits per heavy atom. The molecule has 0 spiro atoms. The van der Waals surface area contributed by atoms with Gasteiger partial charge >= 0.3 is 0 Å². The van der Waals surface area contributed by atoms with Gasteiger partial charge in [-0.05, 0) is 19.9 Å². The number of H-pyrrole nitrogens is 1. The molecule has 5 nitrogen and oxygen atoms in total. The summed E-state index contributed by atoms with van der Waals surface area (Å²) in [5.41, 5.74) is 3.61.